The Labute approximate surface area is 94.1 Å². The minimum Gasteiger partial charge on any atom is -0.465 e. The zero-order chi connectivity index (χ0) is 12.7. The van der Waals surface area contributed by atoms with E-state index in [9.17, 15) is 14.7 Å². The van der Waals surface area contributed by atoms with Gasteiger partial charge in [0.1, 0.15) is 0 Å². The number of carbonyl (C=O) groups excluding carboxylic acids is 1. The average Bonchev–Trinajstić information content (AvgIpc) is 2.21. The van der Waals surface area contributed by atoms with E-state index in [1.807, 2.05) is 0 Å². The maximum Gasteiger partial charge on any atom is 0.411 e. The van der Waals surface area contributed by atoms with Crippen LogP contribution < -0.4 is 0 Å². The van der Waals surface area contributed by atoms with Crippen molar-refractivity contribution >= 4 is 12.0 Å². The summed E-state index contributed by atoms with van der Waals surface area (Å²) < 4.78 is 0. The zero-order valence-corrected chi connectivity index (χ0v) is 9.17. The molecule has 0 saturated carbocycles. The van der Waals surface area contributed by atoms with E-state index in [0.717, 1.165) is 11.1 Å². The van der Waals surface area contributed by atoms with Gasteiger partial charge in [-0.2, -0.15) is 0 Å². The molecule has 6 nitrogen and oxygen atoms in total. The lowest BCUT2D eigenvalue weighted by Gasteiger charge is -2.23. The van der Waals surface area contributed by atoms with Gasteiger partial charge < -0.3 is 15.1 Å². The maximum atomic E-state index is 11.0. The molecule has 0 aliphatic heterocycles. The van der Waals surface area contributed by atoms with Crippen LogP contribution in [0.1, 0.15) is 6.92 Å². The summed E-state index contributed by atoms with van der Waals surface area (Å²) in [4.78, 5) is 23.6. The number of aliphatic hydroxyl groups is 1. The van der Waals surface area contributed by atoms with Gasteiger partial charge in [0.25, 0.3) is 0 Å². The molecule has 0 aromatic carbocycles. The third-order valence-corrected chi connectivity index (χ3v) is 1.91. The van der Waals surface area contributed by atoms with Crippen LogP contribution in [0.3, 0.4) is 0 Å². The number of nitrogens with zero attached hydrogens (tertiary/aromatic N) is 2. The highest BCUT2D eigenvalue weighted by molar-refractivity contribution is 5.74. The molecule has 2 N–H and O–H groups in total. The maximum absolute atomic E-state index is 11.0. The fraction of sp³-hybridized carbons (Fsp3) is 0.400. The van der Waals surface area contributed by atoms with Gasteiger partial charge >= 0.3 is 6.09 Å². The molecule has 0 aromatic rings. The molecule has 0 aliphatic carbocycles. The van der Waals surface area contributed by atoms with Gasteiger partial charge in [0.2, 0.25) is 5.91 Å². The Kier molecular flexibility index (Phi) is 5.87. The molecule has 2 amide bonds. The fourth-order valence-corrected chi connectivity index (χ4v) is 1.07. The summed E-state index contributed by atoms with van der Waals surface area (Å²) in [5.41, 5.74) is 0. The smallest absolute Gasteiger partial charge is 0.411 e. The molecular formula is C10H16N2O4. The van der Waals surface area contributed by atoms with Crippen LogP contribution in [0, 0.1) is 0 Å². The van der Waals surface area contributed by atoms with E-state index in [0.29, 0.717) is 0 Å². The van der Waals surface area contributed by atoms with Crippen LogP contribution in [0.5, 0.6) is 0 Å². The third-order valence-electron chi connectivity index (χ3n) is 1.91. The molecule has 90 valence electrons. The first-order valence-electron chi connectivity index (χ1n) is 4.62. The Hall–Kier alpha value is -1.82. The Morgan fingerprint density at radius 3 is 2.00 bits per heavy atom. The van der Waals surface area contributed by atoms with Crippen molar-refractivity contribution in [3.8, 4) is 0 Å². The predicted octanol–water partition coefficient (Wildman–Crippen LogP) is 0.463. The quantitative estimate of drug-likeness (QED) is 0.692. The molecule has 0 spiro atoms. The SMILES string of the molecule is C=CN(CC(O)CN(C=C)C(=O)O)C(C)=O. The number of amides is 2. The Bertz CT molecular complexity index is 263. The van der Waals surface area contributed by atoms with Crippen molar-refractivity contribution in [3.63, 3.8) is 0 Å². The Morgan fingerprint density at radius 2 is 1.69 bits per heavy atom. The van der Waals surface area contributed by atoms with Gasteiger partial charge in [0.05, 0.1) is 19.2 Å². The van der Waals surface area contributed by atoms with Crippen molar-refractivity contribution in [2.24, 2.45) is 0 Å². The number of rotatable bonds is 6. The monoisotopic (exact) mass is 228 g/mol. The van der Waals surface area contributed by atoms with Crippen molar-refractivity contribution in [2.45, 2.75) is 13.0 Å². The van der Waals surface area contributed by atoms with Crippen LogP contribution in [-0.2, 0) is 4.79 Å². The van der Waals surface area contributed by atoms with E-state index in [2.05, 4.69) is 13.2 Å². The molecule has 0 aliphatic rings. The van der Waals surface area contributed by atoms with Crippen molar-refractivity contribution in [2.75, 3.05) is 13.1 Å². The van der Waals surface area contributed by atoms with E-state index in [4.69, 9.17) is 5.11 Å². The molecule has 0 fully saturated rings. The van der Waals surface area contributed by atoms with Crippen molar-refractivity contribution in [1.82, 2.24) is 9.80 Å². The number of carbonyl (C=O) groups is 2. The van der Waals surface area contributed by atoms with Crippen LogP contribution >= 0.6 is 0 Å². The van der Waals surface area contributed by atoms with Crippen LogP contribution in [0.25, 0.3) is 0 Å². The summed E-state index contributed by atoms with van der Waals surface area (Å²) in [5, 5.41) is 18.2. The number of carboxylic acid groups (broad SMARTS) is 1. The van der Waals surface area contributed by atoms with Gasteiger partial charge in [-0.05, 0) is 6.20 Å². The van der Waals surface area contributed by atoms with E-state index < -0.39 is 12.2 Å². The first-order chi connectivity index (χ1) is 7.42. The highest BCUT2D eigenvalue weighted by atomic mass is 16.4. The van der Waals surface area contributed by atoms with Crippen molar-refractivity contribution in [3.05, 3.63) is 25.6 Å². The van der Waals surface area contributed by atoms with Crippen LogP contribution in [0.4, 0.5) is 4.79 Å². The molecule has 0 bridgehead atoms. The summed E-state index contributed by atoms with van der Waals surface area (Å²) in [6.45, 7) is 7.90. The van der Waals surface area contributed by atoms with E-state index in [1.54, 1.807) is 0 Å². The van der Waals surface area contributed by atoms with Gasteiger partial charge in [-0.1, -0.05) is 13.2 Å². The largest absolute Gasteiger partial charge is 0.465 e. The van der Waals surface area contributed by atoms with Gasteiger partial charge in [0.15, 0.2) is 0 Å². The molecule has 1 unspecified atom stereocenters. The third kappa shape index (κ3) is 4.61. The number of hydrogen-bond donors (Lipinski definition) is 2. The average molecular weight is 228 g/mol. The molecule has 16 heavy (non-hydrogen) atoms. The normalized spacial score (nSPS) is 11.4. The predicted molar refractivity (Wildman–Crippen MR) is 58.5 cm³/mol. The summed E-state index contributed by atoms with van der Waals surface area (Å²) in [6, 6.07) is 0. The molecule has 0 rings (SSSR count). The Morgan fingerprint density at radius 1 is 1.25 bits per heavy atom. The molecule has 0 saturated heterocycles. The van der Waals surface area contributed by atoms with Gasteiger partial charge in [-0.15, -0.1) is 0 Å². The second kappa shape index (κ2) is 6.62. The molecular weight excluding hydrogens is 212 g/mol. The van der Waals surface area contributed by atoms with E-state index in [1.165, 1.54) is 18.0 Å². The van der Waals surface area contributed by atoms with Crippen LogP contribution in [0.15, 0.2) is 25.6 Å². The molecule has 0 aromatic heterocycles. The van der Waals surface area contributed by atoms with E-state index >= 15 is 0 Å². The molecule has 1 atom stereocenters. The fourth-order valence-electron chi connectivity index (χ4n) is 1.07. The van der Waals surface area contributed by atoms with Gasteiger partial charge in [-0.25, -0.2) is 4.79 Å². The minimum atomic E-state index is -1.21. The standard InChI is InChI=1S/C10H16N2O4/c1-4-11(8(3)13)6-9(14)7-12(5-2)10(15)16/h4-5,9,14H,1-2,6-7H2,3H3,(H,15,16). The van der Waals surface area contributed by atoms with E-state index in [-0.39, 0.29) is 19.0 Å². The summed E-state index contributed by atoms with van der Waals surface area (Å²) in [6.07, 6.45) is 0.181. The van der Waals surface area contributed by atoms with Gasteiger partial charge in [0, 0.05) is 13.1 Å². The summed E-state index contributed by atoms with van der Waals surface area (Å²) in [7, 11) is 0. The lowest BCUT2D eigenvalue weighted by atomic mass is 10.3. The summed E-state index contributed by atoms with van der Waals surface area (Å²) >= 11 is 0. The summed E-state index contributed by atoms with van der Waals surface area (Å²) in [5.74, 6) is -0.269. The molecule has 6 heteroatoms. The molecule has 0 radical (unpaired) electrons. The Balaban J connectivity index is 4.30. The second-order valence-corrected chi connectivity index (χ2v) is 3.13. The number of aliphatic hydroxyl groups excluding tert-OH is 1. The van der Waals surface area contributed by atoms with Gasteiger partial charge in [-0.3, -0.25) is 9.69 Å². The minimum absolute atomic E-state index is 0.00352. The molecule has 0 heterocycles. The zero-order valence-electron chi connectivity index (χ0n) is 9.17. The number of hydrogen-bond acceptors (Lipinski definition) is 3. The first kappa shape index (κ1) is 14.2. The first-order valence-corrected chi connectivity index (χ1v) is 4.62. The van der Waals surface area contributed by atoms with Crippen LogP contribution in [-0.4, -0.2) is 51.2 Å². The highest BCUT2D eigenvalue weighted by Gasteiger charge is 2.16. The topological polar surface area (TPSA) is 81.1 Å². The highest BCUT2D eigenvalue weighted by Crippen LogP contribution is 1.99. The van der Waals surface area contributed by atoms with Crippen molar-refractivity contribution in [1.29, 1.82) is 0 Å². The second-order valence-electron chi connectivity index (χ2n) is 3.13. The van der Waals surface area contributed by atoms with Crippen molar-refractivity contribution < 1.29 is 19.8 Å². The lowest BCUT2D eigenvalue weighted by Crippen LogP contribution is -2.39. The van der Waals surface area contributed by atoms with Crippen LogP contribution in [0.2, 0.25) is 0 Å². The lowest BCUT2D eigenvalue weighted by molar-refractivity contribution is -0.127.